The number of hydrogen-bond donors (Lipinski definition) is 1. The molecule has 0 bridgehead atoms. The molecule has 0 aliphatic carbocycles. The van der Waals surface area contributed by atoms with Gasteiger partial charge in [0.2, 0.25) is 11.8 Å². The fraction of sp³-hybridized carbons (Fsp3) is 0.375. The minimum absolute atomic E-state index is 0.165. The number of amides is 1. The summed E-state index contributed by atoms with van der Waals surface area (Å²) in [7, 11) is 0. The Morgan fingerprint density at radius 1 is 1.43 bits per heavy atom. The second kappa shape index (κ2) is 7.59. The topological polar surface area (TPSA) is 64.4 Å². The number of ether oxygens (including phenoxy) is 1. The molecule has 5 nitrogen and oxygen atoms in total. The van der Waals surface area contributed by atoms with Crippen LogP contribution in [-0.4, -0.2) is 30.1 Å². The fourth-order valence-electron chi connectivity index (χ4n) is 1.77. The Bertz CT molecular complexity index is 584. The molecule has 0 radical (unpaired) electrons. The Labute approximate surface area is 124 Å². The highest BCUT2D eigenvalue weighted by Crippen LogP contribution is 2.15. The minimum atomic E-state index is -0.165. The van der Waals surface area contributed by atoms with E-state index in [1.54, 1.807) is 6.08 Å². The van der Waals surface area contributed by atoms with E-state index in [9.17, 15) is 4.79 Å². The lowest BCUT2D eigenvalue weighted by atomic mass is 10.3. The van der Waals surface area contributed by atoms with E-state index >= 15 is 0 Å². The normalized spacial score (nSPS) is 11.6. The molecule has 1 heterocycles. The van der Waals surface area contributed by atoms with Crippen molar-refractivity contribution in [1.29, 1.82) is 0 Å². The van der Waals surface area contributed by atoms with Crippen LogP contribution >= 0.6 is 0 Å². The van der Waals surface area contributed by atoms with Gasteiger partial charge >= 0.3 is 0 Å². The standard InChI is InChI=1S/C16H20N2O3/c1-12(2)20-11-5-10-17-15(19)8-9-16-18-13-6-3-4-7-14(13)21-16/h3-4,6-9,12H,5,10-11H2,1-2H3,(H,17,19)/b9-8+. The van der Waals surface area contributed by atoms with Gasteiger partial charge in [-0.2, -0.15) is 0 Å². The second-order valence-electron chi connectivity index (χ2n) is 4.92. The van der Waals surface area contributed by atoms with Gasteiger partial charge in [0, 0.05) is 25.3 Å². The van der Waals surface area contributed by atoms with E-state index in [2.05, 4.69) is 10.3 Å². The lowest BCUT2D eigenvalue weighted by Crippen LogP contribution is -2.23. The molecule has 0 saturated heterocycles. The summed E-state index contributed by atoms with van der Waals surface area (Å²) in [6, 6.07) is 7.48. The first-order chi connectivity index (χ1) is 10.1. The van der Waals surface area contributed by atoms with Gasteiger partial charge in [-0.25, -0.2) is 4.98 Å². The van der Waals surface area contributed by atoms with Crippen LogP contribution in [0.1, 0.15) is 26.2 Å². The van der Waals surface area contributed by atoms with Gasteiger partial charge in [-0.15, -0.1) is 0 Å². The monoisotopic (exact) mass is 288 g/mol. The van der Waals surface area contributed by atoms with Gasteiger partial charge in [0.15, 0.2) is 5.58 Å². The summed E-state index contributed by atoms with van der Waals surface area (Å²) >= 11 is 0. The first kappa shape index (κ1) is 15.3. The molecule has 21 heavy (non-hydrogen) atoms. The molecular formula is C16H20N2O3. The van der Waals surface area contributed by atoms with Crippen molar-refractivity contribution in [3.63, 3.8) is 0 Å². The average Bonchev–Trinajstić information content (AvgIpc) is 2.87. The summed E-state index contributed by atoms with van der Waals surface area (Å²) in [5.41, 5.74) is 1.49. The number of carbonyl (C=O) groups excluding carboxylic acids is 1. The van der Waals surface area contributed by atoms with Gasteiger partial charge in [-0.1, -0.05) is 12.1 Å². The van der Waals surface area contributed by atoms with Gasteiger partial charge in [0.1, 0.15) is 5.52 Å². The molecule has 1 aromatic heterocycles. The third-order valence-corrected chi connectivity index (χ3v) is 2.76. The number of aromatic nitrogens is 1. The van der Waals surface area contributed by atoms with Crippen molar-refractivity contribution in [2.24, 2.45) is 0 Å². The number of para-hydroxylation sites is 2. The van der Waals surface area contributed by atoms with E-state index < -0.39 is 0 Å². The third-order valence-electron chi connectivity index (χ3n) is 2.76. The van der Waals surface area contributed by atoms with Crippen molar-refractivity contribution in [2.75, 3.05) is 13.2 Å². The Morgan fingerprint density at radius 3 is 3.00 bits per heavy atom. The number of nitrogens with zero attached hydrogens (tertiary/aromatic N) is 1. The predicted octanol–water partition coefficient (Wildman–Crippen LogP) is 2.77. The molecule has 0 aliphatic heterocycles. The van der Waals surface area contributed by atoms with Crippen LogP contribution < -0.4 is 5.32 Å². The average molecular weight is 288 g/mol. The molecule has 1 amide bonds. The fourth-order valence-corrected chi connectivity index (χ4v) is 1.77. The van der Waals surface area contributed by atoms with Gasteiger partial charge in [0.25, 0.3) is 0 Å². The van der Waals surface area contributed by atoms with Crippen LogP contribution in [0.2, 0.25) is 0 Å². The van der Waals surface area contributed by atoms with Gasteiger partial charge < -0.3 is 14.5 Å². The molecule has 112 valence electrons. The van der Waals surface area contributed by atoms with Crippen LogP contribution in [0.5, 0.6) is 0 Å². The first-order valence-electron chi connectivity index (χ1n) is 7.08. The molecule has 0 spiro atoms. The largest absolute Gasteiger partial charge is 0.437 e. The van der Waals surface area contributed by atoms with E-state index in [4.69, 9.17) is 9.15 Å². The maximum absolute atomic E-state index is 11.6. The van der Waals surface area contributed by atoms with E-state index in [0.29, 0.717) is 24.6 Å². The Morgan fingerprint density at radius 2 is 2.24 bits per heavy atom. The second-order valence-corrected chi connectivity index (χ2v) is 4.92. The molecule has 0 unspecified atom stereocenters. The number of rotatable bonds is 7. The van der Waals surface area contributed by atoms with Crippen LogP contribution in [0, 0.1) is 0 Å². The van der Waals surface area contributed by atoms with Crippen LogP contribution in [0.15, 0.2) is 34.8 Å². The highest BCUT2D eigenvalue weighted by molar-refractivity contribution is 5.91. The third kappa shape index (κ3) is 5.04. The number of oxazole rings is 1. The van der Waals surface area contributed by atoms with E-state index in [1.165, 1.54) is 6.08 Å². The van der Waals surface area contributed by atoms with Gasteiger partial charge in [0.05, 0.1) is 6.10 Å². The van der Waals surface area contributed by atoms with Crippen molar-refractivity contribution in [3.05, 3.63) is 36.2 Å². The highest BCUT2D eigenvalue weighted by atomic mass is 16.5. The minimum Gasteiger partial charge on any atom is -0.437 e. The summed E-state index contributed by atoms with van der Waals surface area (Å²) in [4.78, 5) is 15.9. The number of benzene rings is 1. The van der Waals surface area contributed by atoms with Crippen molar-refractivity contribution in [2.45, 2.75) is 26.4 Å². The quantitative estimate of drug-likeness (QED) is 0.628. The van der Waals surface area contributed by atoms with Gasteiger partial charge in [-0.3, -0.25) is 4.79 Å². The molecule has 1 N–H and O–H groups in total. The number of nitrogens with one attached hydrogen (secondary N) is 1. The number of hydrogen-bond acceptors (Lipinski definition) is 4. The molecule has 0 aliphatic rings. The van der Waals surface area contributed by atoms with Crippen LogP contribution in [0.25, 0.3) is 17.2 Å². The van der Waals surface area contributed by atoms with Crippen molar-refractivity contribution in [3.8, 4) is 0 Å². The first-order valence-corrected chi connectivity index (χ1v) is 7.08. The lowest BCUT2D eigenvalue weighted by Gasteiger charge is -2.06. The summed E-state index contributed by atoms with van der Waals surface area (Å²) < 4.78 is 10.9. The molecular weight excluding hydrogens is 268 g/mol. The highest BCUT2D eigenvalue weighted by Gasteiger charge is 2.02. The maximum Gasteiger partial charge on any atom is 0.244 e. The zero-order chi connectivity index (χ0) is 15.1. The maximum atomic E-state index is 11.6. The molecule has 1 aromatic carbocycles. The molecule has 2 rings (SSSR count). The van der Waals surface area contributed by atoms with Crippen LogP contribution in [0.3, 0.4) is 0 Å². The van der Waals surface area contributed by atoms with E-state index in [-0.39, 0.29) is 12.0 Å². The smallest absolute Gasteiger partial charge is 0.244 e. The Balaban J connectivity index is 1.76. The van der Waals surface area contributed by atoms with Crippen molar-refractivity contribution in [1.82, 2.24) is 10.3 Å². The zero-order valence-electron chi connectivity index (χ0n) is 12.3. The molecule has 2 aromatic rings. The summed E-state index contributed by atoms with van der Waals surface area (Å²) in [6.45, 7) is 5.21. The molecule has 0 fully saturated rings. The van der Waals surface area contributed by atoms with Gasteiger partial charge in [-0.05, 0) is 32.4 Å². The lowest BCUT2D eigenvalue weighted by molar-refractivity contribution is -0.116. The Hall–Kier alpha value is -2.14. The SMILES string of the molecule is CC(C)OCCCNC(=O)/C=C/c1nc2ccccc2o1. The van der Waals surface area contributed by atoms with Crippen LogP contribution in [0.4, 0.5) is 0 Å². The summed E-state index contributed by atoms with van der Waals surface area (Å²) in [5, 5.41) is 2.79. The number of carbonyl (C=O) groups is 1. The molecule has 0 saturated carbocycles. The van der Waals surface area contributed by atoms with Crippen molar-refractivity contribution < 1.29 is 13.9 Å². The summed E-state index contributed by atoms with van der Waals surface area (Å²) in [5.74, 6) is 0.260. The van der Waals surface area contributed by atoms with Crippen LogP contribution in [-0.2, 0) is 9.53 Å². The van der Waals surface area contributed by atoms with Crippen molar-refractivity contribution >= 4 is 23.1 Å². The predicted molar refractivity (Wildman–Crippen MR) is 81.8 cm³/mol. The number of fused-ring (bicyclic) bond motifs is 1. The molecule has 0 atom stereocenters. The summed E-state index contributed by atoms with van der Waals surface area (Å²) in [6.07, 6.45) is 4.01. The molecule has 5 heteroatoms. The zero-order valence-corrected chi connectivity index (χ0v) is 12.3. The van der Waals surface area contributed by atoms with E-state index in [0.717, 1.165) is 11.9 Å². The Kier molecular flexibility index (Phi) is 5.51. The van der Waals surface area contributed by atoms with E-state index in [1.807, 2.05) is 38.1 Å².